The van der Waals surface area contributed by atoms with Crippen molar-refractivity contribution in [1.82, 2.24) is 10.2 Å². The minimum absolute atomic E-state index is 0.0238. The van der Waals surface area contributed by atoms with Crippen molar-refractivity contribution in [1.29, 1.82) is 0 Å². The van der Waals surface area contributed by atoms with Crippen molar-refractivity contribution < 1.29 is 4.79 Å². The van der Waals surface area contributed by atoms with Gasteiger partial charge >= 0.3 is 0 Å². The number of rotatable bonds is 3. The number of halogens is 2. The van der Waals surface area contributed by atoms with E-state index in [-0.39, 0.29) is 11.9 Å². The van der Waals surface area contributed by atoms with Gasteiger partial charge in [0.25, 0.3) is 5.91 Å². The summed E-state index contributed by atoms with van der Waals surface area (Å²) in [5.41, 5.74) is 0.495. The van der Waals surface area contributed by atoms with Crippen LogP contribution in [-0.4, -0.2) is 36.0 Å². The lowest BCUT2D eigenvalue weighted by atomic mass is 10.0. The van der Waals surface area contributed by atoms with Gasteiger partial charge in [-0.25, -0.2) is 0 Å². The Morgan fingerprint density at radius 1 is 1.35 bits per heavy atom. The van der Waals surface area contributed by atoms with Crippen molar-refractivity contribution in [3.05, 3.63) is 33.8 Å². The van der Waals surface area contributed by atoms with Crippen LogP contribution in [0.4, 0.5) is 0 Å². The molecule has 2 atom stereocenters. The monoisotopic (exact) mass is 314 g/mol. The van der Waals surface area contributed by atoms with Crippen LogP contribution in [-0.2, 0) is 0 Å². The first-order valence-corrected chi connectivity index (χ1v) is 7.82. The second-order valence-electron chi connectivity index (χ2n) is 5.13. The fraction of sp³-hybridized carbons (Fsp3) is 0.533. The maximum Gasteiger partial charge on any atom is 0.255 e. The number of amides is 1. The first-order chi connectivity index (χ1) is 9.58. The highest BCUT2D eigenvalue weighted by Gasteiger charge is 2.31. The molecule has 3 nitrogen and oxygen atoms in total. The van der Waals surface area contributed by atoms with E-state index in [0.717, 1.165) is 25.9 Å². The standard InChI is InChI=1S/C15H20Cl2N2O/c1-3-10-9-19(11(4-2)8-18-10)15(20)12-6-5-7-13(16)14(12)17/h5-7,10-11,18H,3-4,8-9H2,1-2H3. The van der Waals surface area contributed by atoms with Crippen molar-refractivity contribution in [3.63, 3.8) is 0 Å². The second-order valence-corrected chi connectivity index (χ2v) is 5.92. The number of nitrogens with one attached hydrogen (secondary N) is 1. The summed E-state index contributed by atoms with van der Waals surface area (Å²) < 4.78 is 0. The number of carbonyl (C=O) groups is 1. The SMILES string of the molecule is CCC1CN(C(=O)c2cccc(Cl)c2Cl)C(CC)CN1. The van der Waals surface area contributed by atoms with Crippen molar-refractivity contribution in [2.24, 2.45) is 0 Å². The van der Waals surface area contributed by atoms with E-state index in [2.05, 4.69) is 19.2 Å². The summed E-state index contributed by atoms with van der Waals surface area (Å²) in [5, 5.41) is 4.25. The van der Waals surface area contributed by atoms with Gasteiger partial charge in [-0.1, -0.05) is 43.1 Å². The molecule has 1 heterocycles. The first kappa shape index (κ1) is 15.6. The smallest absolute Gasteiger partial charge is 0.255 e. The molecular formula is C15H20Cl2N2O. The Morgan fingerprint density at radius 2 is 2.10 bits per heavy atom. The fourth-order valence-electron chi connectivity index (χ4n) is 2.57. The molecule has 2 rings (SSSR count). The zero-order chi connectivity index (χ0) is 14.7. The lowest BCUT2D eigenvalue weighted by molar-refractivity contribution is 0.0576. The Kier molecular flexibility index (Phi) is 5.30. The van der Waals surface area contributed by atoms with E-state index in [1.54, 1.807) is 18.2 Å². The average Bonchev–Trinajstić information content (AvgIpc) is 2.48. The second kappa shape index (κ2) is 6.79. The molecule has 0 saturated carbocycles. The van der Waals surface area contributed by atoms with Crippen LogP contribution >= 0.6 is 23.2 Å². The minimum Gasteiger partial charge on any atom is -0.333 e. The molecule has 0 aromatic heterocycles. The predicted molar refractivity (Wildman–Crippen MR) is 83.7 cm³/mol. The molecule has 1 saturated heterocycles. The van der Waals surface area contributed by atoms with Gasteiger partial charge in [0, 0.05) is 25.2 Å². The molecule has 1 aliphatic rings. The zero-order valence-corrected chi connectivity index (χ0v) is 13.3. The van der Waals surface area contributed by atoms with E-state index < -0.39 is 0 Å². The Bertz CT molecular complexity index is 493. The van der Waals surface area contributed by atoms with Crippen LogP contribution in [0.1, 0.15) is 37.0 Å². The highest BCUT2D eigenvalue weighted by molar-refractivity contribution is 6.43. The van der Waals surface area contributed by atoms with Crippen molar-refractivity contribution >= 4 is 29.1 Å². The quantitative estimate of drug-likeness (QED) is 0.924. The van der Waals surface area contributed by atoms with E-state index in [4.69, 9.17) is 23.2 Å². The van der Waals surface area contributed by atoms with E-state index >= 15 is 0 Å². The van der Waals surface area contributed by atoms with Gasteiger partial charge in [0.05, 0.1) is 15.6 Å². The van der Waals surface area contributed by atoms with Gasteiger partial charge in [0.15, 0.2) is 0 Å². The third-order valence-corrected chi connectivity index (χ3v) is 4.73. The van der Waals surface area contributed by atoms with Crippen LogP contribution in [0.5, 0.6) is 0 Å². The number of hydrogen-bond donors (Lipinski definition) is 1. The number of piperazine rings is 1. The summed E-state index contributed by atoms with van der Waals surface area (Å²) in [6.07, 6.45) is 1.93. The summed E-state index contributed by atoms with van der Waals surface area (Å²) in [4.78, 5) is 14.7. The third kappa shape index (κ3) is 3.11. The van der Waals surface area contributed by atoms with Gasteiger partial charge in [-0.15, -0.1) is 0 Å². The molecule has 20 heavy (non-hydrogen) atoms. The van der Waals surface area contributed by atoms with Crippen LogP contribution in [0.25, 0.3) is 0 Å². The van der Waals surface area contributed by atoms with Gasteiger partial charge in [-0.2, -0.15) is 0 Å². The van der Waals surface area contributed by atoms with E-state index in [1.807, 2.05) is 4.90 Å². The number of carbonyl (C=O) groups excluding carboxylic acids is 1. The summed E-state index contributed by atoms with van der Waals surface area (Å²) in [6, 6.07) is 5.76. The maximum absolute atomic E-state index is 12.8. The summed E-state index contributed by atoms with van der Waals surface area (Å²) in [5.74, 6) is -0.0238. The molecule has 1 aliphatic heterocycles. The normalized spacial score (nSPS) is 22.9. The van der Waals surface area contributed by atoms with Crippen molar-refractivity contribution in [3.8, 4) is 0 Å². The summed E-state index contributed by atoms with van der Waals surface area (Å²) >= 11 is 12.2. The highest BCUT2D eigenvalue weighted by atomic mass is 35.5. The lowest BCUT2D eigenvalue weighted by Crippen LogP contribution is -2.57. The predicted octanol–water partition coefficient (Wildman–Crippen LogP) is 3.60. The van der Waals surface area contributed by atoms with Gasteiger partial charge in [-0.3, -0.25) is 4.79 Å². The van der Waals surface area contributed by atoms with Gasteiger partial charge in [0.1, 0.15) is 0 Å². The van der Waals surface area contributed by atoms with Crippen LogP contribution in [0.3, 0.4) is 0 Å². The molecule has 110 valence electrons. The molecule has 1 aromatic carbocycles. The first-order valence-electron chi connectivity index (χ1n) is 7.06. The van der Waals surface area contributed by atoms with Crippen molar-refractivity contribution in [2.75, 3.05) is 13.1 Å². The van der Waals surface area contributed by atoms with Gasteiger partial charge in [0.2, 0.25) is 0 Å². The Labute approximate surface area is 130 Å². The molecule has 1 fully saturated rings. The molecule has 2 unspecified atom stereocenters. The highest BCUT2D eigenvalue weighted by Crippen LogP contribution is 2.27. The van der Waals surface area contributed by atoms with Gasteiger partial charge in [-0.05, 0) is 25.0 Å². The number of nitrogens with zero attached hydrogens (tertiary/aromatic N) is 1. The Hall–Kier alpha value is -0.770. The number of benzene rings is 1. The molecule has 0 radical (unpaired) electrons. The largest absolute Gasteiger partial charge is 0.333 e. The third-order valence-electron chi connectivity index (χ3n) is 3.91. The Morgan fingerprint density at radius 3 is 2.75 bits per heavy atom. The molecule has 1 N–H and O–H groups in total. The molecule has 1 amide bonds. The molecule has 5 heteroatoms. The fourth-order valence-corrected chi connectivity index (χ4v) is 2.96. The molecule has 1 aromatic rings. The van der Waals surface area contributed by atoms with Crippen LogP contribution < -0.4 is 5.32 Å². The molecule has 0 aliphatic carbocycles. The topological polar surface area (TPSA) is 32.3 Å². The lowest BCUT2D eigenvalue weighted by Gasteiger charge is -2.40. The van der Waals surface area contributed by atoms with E-state index in [1.165, 1.54) is 0 Å². The molecule has 0 spiro atoms. The van der Waals surface area contributed by atoms with Crippen LogP contribution in [0.2, 0.25) is 10.0 Å². The van der Waals surface area contributed by atoms with Crippen molar-refractivity contribution in [2.45, 2.75) is 38.8 Å². The Balaban J connectivity index is 2.27. The summed E-state index contributed by atoms with van der Waals surface area (Å²) in [7, 11) is 0. The van der Waals surface area contributed by atoms with E-state index in [9.17, 15) is 4.79 Å². The number of hydrogen-bond acceptors (Lipinski definition) is 2. The minimum atomic E-state index is -0.0238. The van der Waals surface area contributed by atoms with Crippen LogP contribution in [0, 0.1) is 0 Å². The van der Waals surface area contributed by atoms with Gasteiger partial charge < -0.3 is 10.2 Å². The summed E-state index contributed by atoms with van der Waals surface area (Å²) in [6.45, 7) is 5.77. The zero-order valence-electron chi connectivity index (χ0n) is 11.8. The maximum atomic E-state index is 12.8. The van der Waals surface area contributed by atoms with E-state index in [0.29, 0.717) is 21.7 Å². The van der Waals surface area contributed by atoms with Crippen LogP contribution in [0.15, 0.2) is 18.2 Å². The molecular weight excluding hydrogens is 295 g/mol. The molecule has 0 bridgehead atoms. The average molecular weight is 315 g/mol.